The molecule has 5 heterocycles. The lowest BCUT2D eigenvalue weighted by atomic mass is 9.95. The molecule has 9 heteroatoms. The molecule has 0 radical (unpaired) electrons. The number of hydrogen-bond acceptors (Lipinski definition) is 8. The van der Waals surface area contributed by atoms with Crippen LogP contribution in [0.3, 0.4) is 0 Å². The van der Waals surface area contributed by atoms with E-state index in [0.717, 1.165) is 59.0 Å². The molecule has 1 aliphatic rings. The van der Waals surface area contributed by atoms with Crippen LogP contribution in [0.25, 0.3) is 15.9 Å². The van der Waals surface area contributed by atoms with Crippen LogP contribution in [0.1, 0.15) is 46.7 Å². The minimum atomic E-state index is -0.290. The van der Waals surface area contributed by atoms with E-state index in [-0.39, 0.29) is 5.97 Å². The summed E-state index contributed by atoms with van der Waals surface area (Å²) >= 11 is 1.38. The first-order chi connectivity index (χ1) is 14.7. The van der Waals surface area contributed by atoms with E-state index in [1.54, 1.807) is 6.33 Å². The van der Waals surface area contributed by atoms with Crippen LogP contribution in [0.15, 0.2) is 30.7 Å². The molecule has 4 aromatic rings. The third-order valence-corrected chi connectivity index (χ3v) is 6.85. The molecule has 0 bridgehead atoms. The Morgan fingerprint density at radius 3 is 2.87 bits per heavy atom. The summed E-state index contributed by atoms with van der Waals surface area (Å²) < 4.78 is 7.29. The number of piperidine rings is 1. The smallest absolute Gasteiger partial charge is 0.348 e. The summed E-state index contributed by atoms with van der Waals surface area (Å²) in [6.45, 7) is 5.85. The number of anilines is 1. The Balaban J connectivity index is 1.41. The standard InChI is InChI=1S/C21H22N6O2S/c1-3-29-21(28)17-13(2)16-19(22-12-23-20(16)30-17)26-10-7-14(8-11-26)18-25-24-15-6-4-5-9-27(15)18/h4-6,9,12,14H,3,7-8,10-11H2,1-2H3. The second-order valence-corrected chi connectivity index (χ2v) is 8.40. The Hall–Kier alpha value is -3.07. The zero-order valence-electron chi connectivity index (χ0n) is 16.9. The average molecular weight is 423 g/mol. The highest BCUT2D eigenvalue weighted by Gasteiger charge is 2.28. The molecule has 0 spiro atoms. The number of nitrogens with zero attached hydrogens (tertiary/aromatic N) is 6. The zero-order chi connectivity index (χ0) is 20.7. The topological polar surface area (TPSA) is 85.5 Å². The van der Waals surface area contributed by atoms with E-state index >= 15 is 0 Å². The number of rotatable bonds is 4. The fourth-order valence-corrected chi connectivity index (χ4v) is 5.21. The number of aryl methyl sites for hydroxylation is 1. The van der Waals surface area contributed by atoms with Gasteiger partial charge in [-0.25, -0.2) is 14.8 Å². The predicted octanol–water partition coefficient (Wildman–Crippen LogP) is 3.60. The highest BCUT2D eigenvalue weighted by atomic mass is 32.1. The second-order valence-electron chi connectivity index (χ2n) is 7.40. The maximum atomic E-state index is 12.3. The average Bonchev–Trinajstić information content (AvgIpc) is 3.36. The Bertz CT molecular complexity index is 1220. The van der Waals surface area contributed by atoms with E-state index < -0.39 is 0 Å². The van der Waals surface area contributed by atoms with Crippen molar-refractivity contribution < 1.29 is 9.53 Å². The molecule has 8 nitrogen and oxygen atoms in total. The van der Waals surface area contributed by atoms with Crippen molar-refractivity contribution in [3.8, 4) is 0 Å². The number of fused-ring (bicyclic) bond motifs is 2. The maximum Gasteiger partial charge on any atom is 0.348 e. The number of carbonyl (C=O) groups is 1. The number of carbonyl (C=O) groups excluding carboxylic acids is 1. The van der Waals surface area contributed by atoms with E-state index in [2.05, 4.69) is 29.5 Å². The van der Waals surface area contributed by atoms with Gasteiger partial charge in [0.15, 0.2) is 5.65 Å². The Morgan fingerprint density at radius 1 is 1.23 bits per heavy atom. The summed E-state index contributed by atoms with van der Waals surface area (Å²) in [4.78, 5) is 25.0. The molecule has 5 rings (SSSR count). The minimum absolute atomic E-state index is 0.290. The van der Waals surface area contributed by atoms with Crippen LogP contribution in [-0.4, -0.2) is 50.2 Å². The Kier molecular flexibility index (Phi) is 4.82. The maximum absolute atomic E-state index is 12.3. The number of hydrogen-bond donors (Lipinski definition) is 0. The molecular formula is C21H22N6O2S. The van der Waals surface area contributed by atoms with Crippen LogP contribution in [0.2, 0.25) is 0 Å². The molecule has 1 aliphatic heterocycles. The first-order valence-corrected chi connectivity index (χ1v) is 10.9. The van der Waals surface area contributed by atoms with Gasteiger partial charge < -0.3 is 9.64 Å². The minimum Gasteiger partial charge on any atom is -0.462 e. The molecule has 1 fully saturated rings. The van der Waals surface area contributed by atoms with Crippen LogP contribution >= 0.6 is 11.3 Å². The van der Waals surface area contributed by atoms with E-state index in [0.29, 0.717) is 17.4 Å². The molecule has 0 atom stereocenters. The summed E-state index contributed by atoms with van der Waals surface area (Å²) in [5, 5.41) is 9.69. The van der Waals surface area contributed by atoms with Crippen LogP contribution in [0.4, 0.5) is 5.82 Å². The van der Waals surface area contributed by atoms with Gasteiger partial charge in [-0.3, -0.25) is 4.40 Å². The van der Waals surface area contributed by atoms with Crippen molar-refractivity contribution >= 4 is 39.0 Å². The van der Waals surface area contributed by atoms with Gasteiger partial charge in [0.2, 0.25) is 0 Å². The van der Waals surface area contributed by atoms with Crippen molar-refractivity contribution in [1.29, 1.82) is 0 Å². The van der Waals surface area contributed by atoms with Gasteiger partial charge in [-0.1, -0.05) is 6.07 Å². The fraction of sp³-hybridized carbons (Fsp3) is 0.381. The summed E-state index contributed by atoms with van der Waals surface area (Å²) in [6.07, 6.45) is 5.54. The summed E-state index contributed by atoms with van der Waals surface area (Å²) in [7, 11) is 0. The SMILES string of the molecule is CCOC(=O)c1sc2ncnc(N3CCC(c4nnc5ccccn45)CC3)c2c1C. The summed E-state index contributed by atoms with van der Waals surface area (Å²) in [6, 6.07) is 5.96. The lowest BCUT2D eigenvalue weighted by Gasteiger charge is -2.32. The lowest BCUT2D eigenvalue weighted by Crippen LogP contribution is -2.34. The fourth-order valence-electron chi connectivity index (χ4n) is 4.17. The quantitative estimate of drug-likeness (QED) is 0.465. The largest absolute Gasteiger partial charge is 0.462 e. The first kappa shape index (κ1) is 18.9. The van der Waals surface area contributed by atoms with Crippen molar-refractivity contribution in [3.05, 3.63) is 47.0 Å². The molecule has 0 unspecified atom stereocenters. The van der Waals surface area contributed by atoms with Gasteiger partial charge in [0, 0.05) is 25.2 Å². The molecule has 0 amide bonds. The molecule has 0 aliphatic carbocycles. The van der Waals surface area contributed by atoms with Crippen LogP contribution in [0.5, 0.6) is 0 Å². The number of pyridine rings is 1. The van der Waals surface area contributed by atoms with Crippen LogP contribution in [-0.2, 0) is 4.74 Å². The van der Waals surface area contributed by atoms with E-state index in [1.165, 1.54) is 11.3 Å². The Labute approximate surface area is 177 Å². The summed E-state index contributed by atoms with van der Waals surface area (Å²) in [5.74, 6) is 1.99. The first-order valence-electron chi connectivity index (χ1n) is 10.1. The molecule has 154 valence electrons. The van der Waals surface area contributed by atoms with Gasteiger partial charge in [0.1, 0.15) is 27.7 Å². The summed E-state index contributed by atoms with van der Waals surface area (Å²) in [5.41, 5.74) is 1.78. The van der Waals surface area contributed by atoms with Crippen molar-refractivity contribution in [1.82, 2.24) is 24.6 Å². The molecule has 1 saturated heterocycles. The number of thiophene rings is 1. The van der Waals surface area contributed by atoms with E-state index in [9.17, 15) is 4.79 Å². The monoisotopic (exact) mass is 422 g/mol. The van der Waals surface area contributed by atoms with Gasteiger partial charge in [0.05, 0.1) is 12.0 Å². The molecule has 4 aromatic heterocycles. The van der Waals surface area contributed by atoms with Gasteiger partial charge in [-0.05, 0) is 44.4 Å². The van der Waals surface area contributed by atoms with Crippen molar-refractivity contribution in [3.63, 3.8) is 0 Å². The third kappa shape index (κ3) is 3.09. The van der Waals surface area contributed by atoms with Crippen molar-refractivity contribution in [2.45, 2.75) is 32.6 Å². The molecular weight excluding hydrogens is 400 g/mol. The van der Waals surface area contributed by atoms with Crippen LogP contribution in [0, 0.1) is 6.92 Å². The molecule has 30 heavy (non-hydrogen) atoms. The molecule has 0 saturated carbocycles. The third-order valence-electron chi connectivity index (χ3n) is 5.67. The molecule has 0 N–H and O–H groups in total. The van der Waals surface area contributed by atoms with Gasteiger partial charge >= 0.3 is 5.97 Å². The predicted molar refractivity (Wildman–Crippen MR) is 115 cm³/mol. The number of ether oxygens (including phenoxy) is 1. The van der Waals surface area contributed by atoms with E-state index in [4.69, 9.17) is 4.74 Å². The number of esters is 1. The van der Waals surface area contributed by atoms with Gasteiger partial charge in [-0.15, -0.1) is 21.5 Å². The van der Waals surface area contributed by atoms with E-state index in [1.807, 2.05) is 38.2 Å². The highest BCUT2D eigenvalue weighted by Crippen LogP contribution is 2.37. The van der Waals surface area contributed by atoms with Crippen molar-refractivity contribution in [2.24, 2.45) is 0 Å². The van der Waals surface area contributed by atoms with Crippen LogP contribution < -0.4 is 4.90 Å². The Morgan fingerprint density at radius 2 is 2.07 bits per heavy atom. The van der Waals surface area contributed by atoms with Crippen molar-refractivity contribution in [2.75, 3.05) is 24.6 Å². The second kappa shape index (κ2) is 7.64. The van der Waals surface area contributed by atoms with Gasteiger partial charge in [0.25, 0.3) is 0 Å². The number of aromatic nitrogens is 5. The zero-order valence-corrected chi connectivity index (χ0v) is 17.7. The highest BCUT2D eigenvalue weighted by molar-refractivity contribution is 7.20. The lowest BCUT2D eigenvalue weighted by molar-refractivity contribution is 0.0531. The van der Waals surface area contributed by atoms with Gasteiger partial charge in [-0.2, -0.15) is 0 Å². The molecule has 0 aromatic carbocycles. The normalized spacial score (nSPS) is 15.2.